The van der Waals surface area contributed by atoms with E-state index in [1.165, 1.54) is 36.8 Å². The first kappa shape index (κ1) is 18.4. The van der Waals surface area contributed by atoms with Gasteiger partial charge in [0.2, 0.25) is 5.91 Å². The van der Waals surface area contributed by atoms with E-state index in [2.05, 4.69) is 55.3 Å². The van der Waals surface area contributed by atoms with Crippen molar-refractivity contribution in [3.05, 3.63) is 35.4 Å². The quantitative estimate of drug-likeness (QED) is 0.809. The molecule has 0 spiro atoms. The molecule has 3 unspecified atom stereocenters. The monoisotopic (exact) mass is 342 g/mol. The Morgan fingerprint density at radius 1 is 1.16 bits per heavy atom. The lowest BCUT2D eigenvalue weighted by Gasteiger charge is -2.34. The van der Waals surface area contributed by atoms with E-state index in [9.17, 15) is 4.79 Å². The Labute approximate surface area is 153 Å². The molecule has 2 aliphatic rings. The van der Waals surface area contributed by atoms with Gasteiger partial charge in [0.05, 0.1) is 0 Å². The van der Waals surface area contributed by atoms with E-state index in [-0.39, 0.29) is 0 Å². The van der Waals surface area contributed by atoms with Crippen LogP contribution in [0.1, 0.15) is 63.5 Å². The summed E-state index contributed by atoms with van der Waals surface area (Å²) in [5, 5.41) is 3.68. The molecular weight excluding hydrogens is 308 g/mol. The van der Waals surface area contributed by atoms with Gasteiger partial charge in [-0.05, 0) is 63.9 Å². The zero-order valence-electron chi connectivity index (χ0n) is 16.1. The first-order valence-electron chi connectivity index (χ1n) is 10.2. The second kappa shape index (κ2) is 8.35. The summed E-state index contributed by atoms with van der Waals surface area (Å²) in [7, 11) is 0. The fourth-order valence-electron chi connectivity index (χ4n) is 4.82. The maximum Gasteiger partial charge on any atom is 0.223 e. The zero-order valence-corrected chi connectivity index (χ0v) is 16.1. The molecule has 1 N–H and O–H groups in total. The van der Waals surface area contributed by atoms with Crippen LogP contribution >= 0.6 is 0 Å². The number of carbonyl (C=O) groups excluding carboxylic acids is 1. The first-order valence-corrected chi connectivity index (χ1v) is 10.2. The second-order valence-corrected chi connectivity index (χ2v) is 8.11. The molecule has 25 heavy (non-hydrogen) atoms. The summed E-state index contributed by atoms with van der Waals surface area (Å²) in [6, 6.07) is 10.4. The lowest BCUT2D eigenvalue weighted by molar-refractivity contribution is -0.134. The first-order chi connectivity index (χ1) is 12.1. The summed E-state index contributed by atoms with van der Waals surface area (Å²) >= 11 is 0. The molecule has 2 saturated heterocycles. The van der Waals surface area contributed by atoms with Crippen LogP contribution in [0.5, 0.6) is 0 Å². The van der Waals surface area contributed by atoms with E-state index in [1.54, 1.807) is 0 Å². The summed E-state index contributed by atoms with van der Waals surface area (Å²) in [6.07, 6.45) is 7.71. The molecule has 2 bridgehead atoms. The predicted octanol–water partition coefficient (Wildman–Crippen LogP) is 4.09. The molecule has 138 valence electrons. The van der Waals surface area contributed by atoms with Gasteiger partial charge in [-0.15, -0.1) is 0 Å². The SMILES string of the molecule is CCC(Cc1ccc(C)cc1)N(CC)C(=O)CC1CC2CCC(C1)N2. The standard InChI is InChI=1S/C22H34N2O/c1-4-21(14-17-8-6-16(3)7-9-17)24(5-2)22(25)15-18-12-19-10-11-20(13-18)23-19/h6-9,18-21,23H,4-5,10-15H2,1-3H3. The number of benzene rings is 1. The molecule has 2 aliphatic heterocycles. The average Bonchev–Trinajstić information content (AvgIpc) is 2.95. The predicted molar refractivity (Wildman–Crippen MR) is 104 cm³/mol. The minimum Gasteiger partial charge on any atom is -0.340 e. The van der Waals surface area contributed by atoms with Gasteiger partial charge in [0, 0.05) is 31.1 Å². The highest BCUT2D eigenvalue weighted by molar-refractivity contribution is 5.76. The number of carbonyl (C=O) groups is 1. The Hall–Kier alpha value is -1.35. The third-order valence-electron chi connectivity index (χ3n) is 6.20. The molecule has 0 aromatic heterocycles. The van der Waals surface area contributed by atoms with Crippen molar-refractivity contribution in [1.29, 1.82) is 0 Å². The van der Waals surface area contributed by atoms with E-state index in [1.807, 2.05) is 0 Å². The van der Waals surface area contributed by atoms with Crippen LogP contribution in [-0.2, 0) is 11.2 Å². The van der Waals surface area contributed by atoms with E-state index < -0.39 is 0 Å². The molecule has 1 amide bonds. The summed E-state index contributed by atoms with van der Waals surface area (Å²) in [5.74, 6) is 0.949. The molecule has 1 aromatic carbocycles. The fourth-order valence-corrected chi connectivity index (χ4v) is 4.82. The third-order valence-corrected chi connectivity index (χ3v) is 6.20. The molecule has 3 atom stereocenters. The van der Waals surface area contributed by atoms with Crippen LogP contribution < -0.4 is 5.32 Å². The number of nitrogens with one attached hydrogen (secondary N) is 1. The summed E-state index contributed by atoms with van der Waals surface area (Å²) in [6.45, 7) is 7.28. The Morgan fingerprint density at radius 3 is 2.36 bits per heavy atom. The second-order valence-electron chi connectivity index (χ2n) is 8.11. The number of fused-ring (bicyclic) bond motifs is 2. The van der Waals surface area contributed by atoms with E-state index in [0.29, 0.717) is 30.0 Å². The van der Waals surface area contributed by atoms with Gasteiger partial charge in [0.25, 0.3) is 0 Å². The van der Waals surface area contributed by atoms with Crippen LogP contribution in [0.25, 0.3) is 0 Å². The smallest absolute Gasteiger partial charge is 0.223 e. The molecule has 0 aliphatic carbocycles. The molecule has 3 heteroatoms. The van der Waals surface area contributed by atoms with E-state index >= 15 is 0 Å². The van der Waals surface area contributed by atoms with Gasteiger partial charge in [0.1, 0.15) is 0 Å². The Balaban J connectivity index is 1.60. The van der Waals surface area contributed by atoms with Crippen LogP contribution in [0, 0.1) is 12.8 Å². The van der Waals surface area contributed by atoms with Crippen molar-refractivity contribution in [3.8, 4) is 0 Å². The topological polar surface area (TPSA) is 32.3 Å². The number of hydrogen-bond acceptors (Lipinski definition) is 2. The molecule has 0 radical (unpaired) electrons. The number of likely N-dealkylation sites (N-methyl/N-ethyl adjacent to an activating group) is 1. The summed E-state index contributed by atoms with van der Waals surface area (Å²) in [5.41, 5.74) is 2.63. The largest absolute Gasteiger partial charge is 0.340 e. The van der Waals surface area contributed by atoms with Crippen LogP contribution in [0.3, 0.4) is 0 Å². The lowest BCUT2D eigenvalue weighted by atomic mass is 9.89. The number of aryl methyl sites for hydroxylation is 1. The van der Waals surface area contributed by atoms with Crippen LogP contribution in [0.15, 0.2) is 24.3 Å². The molecular formula is C22H34N2O. The minimum atomic E-state index is 0.318. The molecule has 3 rings (SSSR count). The van der Waals surface area contributed by atoms with Crippen LogP contribution in [-0.4, -0.2) is 35.5 Å². The van der Waals surface area contributed by atoms with Crippen LogP contribution in [0.4, 0.5) is 0 Å². The van der Waals surface area contributed by atoms with Gasteiger partial charge in [-0.1, -0.05) is 36.8 Å². The molecule has 0 saturated carbocycles. The van der Waals surface area contributed by atoms with Gasteiger partial charge >= 0.3 is 0 Å². The normalized spacial score (nSPS) is 26.4. The Morgan fingerprint density at radius 2 is 1.80 bits per heavy atom. The van der Waals surface area contributed by atoms with Gasteiger partial charge in [-0.3, -0.25) is 4.79 Å². The number of rotatable bonds is 7. The number of amides is 1. The number of nitrogens with zero attached hydrogens (tertiary/aromatic N) is 1. The van der Waals surface area contributed by atoms with Gasteiger partial charge in [-0.2, -0.15) is 0 Å². The third kappa shape index (κ3) is 4.63. The van der Waals surface area contributed by atoms with E-state index in [4.69, 9.17) is 0 Å². The number of piperidine rings is 1. The highest BCUT2D eigenvalue weighted by Crippen LogP contribution is 2.33. The summed E-state index contributed by atoms with van der Waals surface area (Å²) in [4.78, 5) is 15.2. The summed E-state index contributed by atoms with van der Waals surface area (Å²) < 4.78 is 0. The van der Waals surface area contributed by atoms with Gasteiger partial charge in [0.15, 0.2) is 0 Å². The maximum atomic E-state index is 13.0. The fraction of sp³-hybridized carbons (Fsp3) is 0.682. The minimum absolute atomic E-state index is 0.318. The average molecular weight is 343 g/mol. The van der Waals surface area contributed by atoms with Gasteiger partial charge in [-0.25, -0.2) is 0 Å². The van der Waals surface area contributed by atoms with Crippen molar-refractivity contribution in [1.82, 2.24) is 10.2 Å². The molecule has 3 nitrogen and oxygen atoms in total. The van der Waals surface area contributed by atoms with Crippen LogP contribution in [0.2, 0.25) is 0 Å². The Kier molecular flexibility index (Phi) is 6.16. The van der Waals surface area contributed by atoms with E-state index in [0.717, 1.165) is 25.8 Å². The highest BCUT2D eigenvalue weighted by atomic mass is 16.2. The highest BCUT2D eigenvalue weighted by Gasteiger charge is 2.35. The lowest BCUT2D eigenvalue weighted by Crippen LogP contribution is -2.44. The van der Waals surface area contributed by atoms with Crippen molar-refractivity contribution >= 4 is 5.91 Å². The Bertz CT molecular complexity index is 556. The molecule has 2 heterocycles. The van der Waals surface area contributed by atoms with Crippen molar-refractivity contribution in [2.45, 2.75) is 83.8 Å². The van der Waals surface area contributed by atoms with Crippen molar-refractivity contribution in [2.75, 3.05) is 6.54 Å². The van der Waals surface area contributed by atoms with Crippen molar-refractivity contribution < 1.29 is 4.79 Å². The number of hydrogen-bond donors (Lipinski definition) is 1. The molecule has 1 aromatic rings. The van der Waals surface area contributed by atoms with Gasteiger partial charge < -0.3 is 10.2 Å². The maximum absolute atomic E-state index is 13.0. The molecule has 2 fully saturated rings. The van der Waals surface area contributed by atoms with Crippen molar-refractivity contribution in [3.63, 3.8) is 0 Å². The zero-order chi connectivity index (χ0) is 17.8. The van der Waals surface area contributed by atoms with Crippen molar-refractivity contribution in [2.24, 2.45) is 5.92 Å².